The second-order valence-electron chi connectivity index (χ2n) is 3.09. The largest absolute Gasteiger partial charge is 0.478 e. The number of nitrogens with zero attached hydrogens (tertiary/aromatic N) is 1. The van der Waals surface area contributed by atoms with E-state index >= 15 is 0 Å². The fraction of sp³-hybridized carbons (Fsp3) is 0.100. The van der Waals surface area contributed by atoms with E-state index < -0.39 is 22.4 Å². The number of nitro groups is 1. The van der Waals surface area contributed by atoms with Gasteiger partial charge in [0.25, 0.3) is 0 Å². The van der Waals surface area contributed by atoms with E-state index in [1.807, 2.05) is 0 Å². The summed E-state index contributed by atoms with van der Waals surface area (Å²) in [7, 11) is 0. The van der Waals surface area contributed by atoms with Crippen LogP contribution in [0.3, 0.4) is 0 Å². The van der Waals surface area contributed by atoms with Gasteiger partial charge >= 0.3 is 11.7 Å². The van der Waals surface area contributed by atoms with Crippen LogP contribution in [-0.4, -0.2) is 16.0 Å². The minimum Gasteiger partial charge on any atom is -0.478 e. The zero-order valence-electron chi connectivity index (χ0n) is 8.31. The Kier molecular flexibility index (Phi) is 3.34. The first-order valence-electron chi connectivity index (χ1n) is 4.27. The van der Waals surface area contributed by atoms with Gasteiger partial charge in [0.1, 0.15) is 0 Å². The van der Waals surface area contributed by atoms with Crippen molar-refractivity contribution in [2.75, 3.05) is 0 Å². The Morgan fingerprint density at radius 1 is 1.56 bits per heavy atom. The van der Waals surface area contributed by atoms with Crippen LogP contribution < -0.4 is 0 Å². The third-order valence-corrected chi connectivity index (χ3v) is 1.94. The molecule has 1 rings (SSSR count). The smallest absolute Gasteiger partial charge is 0.328 e. The molecule has 1 aromatic rings. The van der Waals surface area contributed by atoms with Gasteiger partial charge in [0.15, 0.2) is 0 Å². The molecular formula is C10H8FNO4. The van der Waals surface area contributed by atoms with E-state index in [1.54, 1.807) is 0 Å². The molecule has 0 atom stereocenters. The third-order valence-electron chi connectivity index (χ3n) is 1.94. The highest BCUT2D eigenvalue weighted by Crippen LogP contribution is 2.22. The average molecular weight is 225 g/mol. The van der Waals surface area contributed by atoms with E-state index in [1.165, 1.54) is 13.0 Å². The van der Waals surface area contributed by atoms with Crippen molar-refractivity contribution in [1.82, 2.24) is 0 Å². The van der Waals surface area contributed by atoms with Gasteiger partial charge in [-0.3, -0.25) is 10.1 Å². The molecule has 0 aromatic heterocycles. The Morgan fingerprint density at radius 2 is 2.19 bits per heavy atom. The van der Waals surface area contributed by atoms with Gasteiger partial charge in [0.05, 0.1) is 4.92 Å². The molecule has 16 heavy (non-hydrogen) atoms. The van der Waals surface area contributed by atoms with Crippen LogP contribution in [-0.2, 0) is 4.79 Å². The zero-order valence-corrected chi connectivity index (χ0v) is 8.31. The molecule has 0 amide bonds. The number of rotatable bonds is 3. The predicted molar refractivity (Wildman–Crippen MR) is 54.5 cm³/mol. The fourth-order valence-corrected chi connectivity index (χ4v) is 1.16. The number of carboxylic acid groups (broad SMARTS) is 1. The lowest BCUT2D eigenvalue weighted by Crippen LogP contribution is -1.95. The van der Waals surface area contributed by atoms with E-state index in [0.29, 0.717) is 11.1 Å². The fourth-order valence-electron chi connectivity index (χ4n) is 1.16. The normalized spacial score (nSPS) is 10.6. The summed E-state index contributed by atoms with van der Waals surface area (Å²) in [6.45, 7) is 1.54. The Balaban J connectivity index is 3.25. The van der Waals surface area contributed by atoms with Crippen LogP contribution in [0, 0.1) is 22.9 Å². The highest BCUT2D eigenvalue weighted by Gasteiger charge is 2.15. The lowest BCUT2D eigenvalue weighted by Gasteiger charge is -2.01. The molecule has 0 saturated carbocycles. The molecule has 0 heterocycles. The summed E-state index contributed by atoms with van der Waals surface area (Å²) in [4.78, 5) is 19.9. The van der Waals surface area contributed by atoms with E-state index in [0.717, 1.165) is 18.2 Å². The number of carbonyl (C=O) groups is 1. The number of aryl methyl sites for hydroxylation is 1. The van der Waals surface area contributed by atoms with Crippen LogP contribution in [0.15, 0.2) is 18.2 Å². The zero-order chi connectivity index (χ0) is 12.3. The van der Waals surface area contributed by atoms with Gasteiger partial charge in [-0.1, -0.05) is 0 Å². The molecule has 84 valence electrons. The van der Waals surface area contributed by atoms with Crippen molar-refractivity contribution in [2.24, 2.45) is 0 Å². The quantitative estimate of drug-likeness (QED) is 0.485. The number of hydrogen-bond donors (Lipinski definition) is 1. The lowest BCUT2D eigenvalue weighted by molar-refractivity contribution is -0.387. The van der Waals surface area contributed by atoms with Crippen molar-refractivity contribution in [3.8, 4) is 0 Å². The maximum atomic E-state index is 13.1. The number of halogens is 1. The number of hydrogen-bond acceptors (Lipinski definition) is 3. The first-order valence-corrected chi connectivity index (χ1v) is 4.27. The van der Waals surface area contributed by atoms with Crippen molar-refractivity contribution >= 4 is 17.7 Å². The lowest BCUT2D eigenvalue weighted by atomic mass is 10.1. The van der Waals surface area contributed by atoms with Crippen molar-refractivity contribution in [3.63, 3.8) is 0 Å². The van der Waals surface area contributed by atoms with Crippen molar-refractivity contribution < 1.29 is 19.2 Å². The maximum absolute atomic E-state index is 13.1. The van der Waals surface area contributed by atoms with Gasteiger partial charge in [-0.05, 0) is 30.2 Å². The van der Waals surface area contributed by atoms with Crippen LogP contribution >= 0.6 is 0 Å². The average Bonchev–Trinajstić information content (AvgIpc) is 2.15. The molecule has 1 N–H and O–H groups in total. The number of benzene rings is 1. The second kappa shape index (κ2) is 4.52. The Labute approximate surface area is 90.0 Å². The molecule has 1 aromatic carbocycles. The Morgan fingerprint density at radius 3 is 2.69 bits per heavy atom. The van der Waals surface area contributed by atoms with Gasteiger partial charge in [-0.15, -0.1) is 0 Å². The minimum atomic E-state index is -1.17. The molecule has 0 aliphatic heterocycles. The van der Waals surface area contributed by atoms with Gasteiger partial charge in [0, 0.05) is 12.1 Å². The van der Waals surface area contributed by atoms with Crippen molar-refractivity contribution in [1.29, 1.82) is 0 Å². The third kappa shape index (κ3) is 2.63. The standard InChI is InChI=1S/C10H8FNO4/c1-6-4-8(11)9(12(15)16)5-7(6)2-3-10(13)14/h2-5H,1H3,(H,13,14)/b3-2+. The van der Waals surface area contributed by atoms with Crippen molar-refractivity contribution in [3.05, 3.63) is 45.3 Å². The molecule has 0 spiro atoms. The summed E-state index contributed by atoms with van der Waals surface area (Å²) in [5.74, 6) is -2.11. The van der Waals surface area contributed by atoms with E-state index in [2.05, 4.69) is 0 Å². The summed E-state index contributed by atoms with van der Waals surface area (Å²) >= 11 is 0. The summed E-state index contributed by atoms with van der Waals surface area (Å²) in [5, 5.41) is 18.9. The maximum Gasteiger partial charge on any atom is 0.328 e. The minimum absolute atomic E-state index is 0.301. The van der Waals surface area contributed by atoms with Crippen molar-refractivity contribution in [2.45, 2.75) is 6.92 Å². The van der Waals surface area contributed by atoms with Crippen LogP contribution in [0.1, 0.15) is 11.1 Å². The highest BCUT2D eigenvalue weighted by molar-refractivity contribution is 5.85. The molecule has 6 heteroatoms. The predicted octanol–water partition coefficient (Wildman–Crippen LogP) is 2.14. The van der Waals surface area contributed by atoms with Gasteiger partial charge < -0.3 is 5.11 Å². The first kappa shape index (κ1) is 11.8. The number of carboxylic acids is 1. The van der Waals surface area contributed by atoms with Gasteiger partial charge in [0.2, 0.25) is 5.82 Å². The molecule has 0 saturated heterocycles. The Bertz CT molecular complexity index is 482. The molecule has 0 radical (unpaired) electrons. The summed E-state index contributed by atoms with van der Waals surface area (Å²) < 4.78 is 13.1. The molecular weight excluding hydrogens is 217 g/mol. The summed E-state index contributed by atoms with van der Waals surface area (Å²) in [6.07, 6.45) is 2.02. The van der Waals surface area contributed by atoms with Crippen LogP contribution in [0.4, 0.5) is 10.1 Å². The number of nitro benzene ring substituents is 1. The summed E-state index contributed by atoms with van der Waals surface area (Å²) in [5.41, 5.74) is 0.0618. The van der Waals surface area contributed by atoms with Gasteiger partial charge in [-0.2, -0.15) is 4.39 Å². The van der Waals surface area contributed by atoms with E-state index in [-0.39, 0.29) is 0 Å². The SMILES string of the molecule is Cc1cc(F)c([N+](=O)[O-])cc1/C=C/C(=O)O. The Hall–Kier alpha value is -2.24. The molecule has 5 nitrogen and oxygen atoms in total. The highest BCUT2D eigenvalue weighted by atomic mass is 19.1. The monoisotopic (exact) mass is 225 g/mol. The first-order chi connectivity index (χ1) is 7.41. The topological polar surface area (TPSA) is 80.4 Å². The molecule has 0 aliphatic carbocycles. The molecule has 0 bridgehead atoms. The van der Waals surface area contributed by atoms with Crippen LogP contribution in [0.25, 0.3) is 6.08 Å². The summed E-state index contributed by atoms with van der Waals surface area (Å²) in [6, 6.07) is 2.00. The second-order valence-corrected chi connectivity index (χ2v) is 3.09. The van der Waals surface area contributed by atoms with Crippen LogP contribution in [0.5, 0.6) is 0 Å². The molecule has 0 fully saturated rings. The van der Waals surface area contributed by atoms with Crippen LogP contribution in [0.2, 0.25) is 0 Å². The van der Waals surface area contributed by atoms with E-state index in [4.69, 9.17) is 5.11 Å². The molecule has 0 unspecified atom stereocenters. The van der Waals surface area contributed by atoms with E-state index in [9.17, 15) is 19.3 Å². The molecule has 0 aliphatic rings. The van der Waals surface area contributed by atoms with Gasteiger partial charge in [-0.25, -0.2) is 4.79 Å². The number of aliphatic carboxylic acids is 1.